The zero-order valence-corrected chi connectivity index (χ0v) is 16.0. The van der Waals surface area contributed by atoms with Gasteiger partial charge < -0.3 is 4.74 Å². The average Bonchev–Trinajstić information content (AvgIpc) is 3.24. The lowest BCUT2D eigenvalue weighted by molar-refractivity contribution is -0.141. The Balaban J connectivity index is 1.55. The molecule has 0 unspecified atom stereocenters. The Labute approximate surface area is 163 Å². The minimum Gasteiger partial charge on any atom is -0.457 e. The molecule has 1 fully saturated rings. The third kappa shape index (κ3) is 4.82. The van der Waals surface area contributed by atoms with Gasteiger partial charge in [-0.05, 0) is 54.8 Å². The highest BCUT2D eigenvalue weighted by molar-refractivity contribution is 7.89. The average molecular weight is 405 g/mol. The Kier molecular flexibility index (Phi) is 6.21. The number of ketones is 1. The number of halogens is 1. The van der Waals surface area contributed by atoms with Crippen molar-refractivity contribution < 1.29 is 27.1 Å². The molecule has 0 radical (unpaired) electrons. The Hall–Kier alpha value is -2.58. The van der Waals surface area contributed by atoms with E-state index in [0.717, 1.165) is 12.8 Å². The number of sulfonamides is 1. The highest BCUT2D eigenvalue weighted by Gasteiger charge is 2.27. The van der Waals surface area contributed by atoms with E-state index < -0.39 is 34.2 Å². The summed E-state index contributed by atoms with van der Waals surface area (Å²) in [4.78, 5) is 24.1. The molecule has 28 heavy (non-hydrogen) atoms. The SMILES string of the molecule is O=C(Cc1ccc(F)cc1)OCC(=O)c1ccc(S(=O)(=O)N2CCCC2)cc1. The van der Waals surface area contributed by atoms with Crippen molar-refractivity contribution in [2.45, 2.75) is 24.2 Å². The first-order valence-corrected chi connectivity index (χ1v) is 10.3. The second-order valence-electron chi connectivity index (χ2n) is 6.52. The summed E-state index contributed by atoms with van der Waals surface area (Å²) in [5.74, 6) is -1.44. The summed E-state index contributed by atoms with van der Waals surface area (Å²) in [7, 11) is -3.53. The van der Waals surface area contributed by atoms with Crippen molar-refractivity contribution in [1.82, 2.24) is 4.31 Å². The quantitative estimate of drug-likeness (QED) is 0.522. The smallest absolute Gasteiger partial charge is 0.310 e. The number of Topliss-reactive ketones (excluding diaryl/α,β-unsaturated/α-hetero) is 1. The number of hydrogen-bond donors (Lipinski definition) is 0. The van der Waals surface area contributed by atoms with Crippen LogP contribution in [0.1, 0.15) is 28.8 Å². The Morgan fingerprint density at radius 1 is 0.964 bits per heavy atom. The van der Waals surface area contributed by atoms with E-state index in [4.69, 9.17) is 4.74 Å². The fourth-order valence-corrected chi connectivity index (χ4v) is 4.46. The Morgan fingerprint density at radius 3 is 2.18 bits per heavy atom. The van der Waals surface area contributed by atoms with Gasteiger partial charge in [-0.2, -0.15) is 4.31 Å². The van der Waals surface area contributed by atoms with Crippen molar-refractivity contribution in [3.05, 3.63) is 65.5 Å². The zero-order chi connectivity index (χ0) is 20.1. The molecule has 0 aliphatic carbocycles. The molecule has 8 heteroatoms. The molecule has 2 aromatic carbocycles. The van der Waals surface area contributed by atoms with E-state index in [-0.39, 0.29) is 16.9 Å². The number of benzene rings is 2. The number of hydrogen-bond acceptors (Lipinski definition) is 5. The molecule has 0 saturated carbocycles. The van der Waals surface area contributed by atoms with E-state index in [2.05, 4.69) is 0 Å². The van der Waals surface area contributed by atoms with Crippen LogP contribution >= 0.6 is 0 Å². The molecular weight excluding hydrogens is 385 g/mol. The fraction of sp³-hybridized carbons (Fsp3) is 0.300. The number of esters is 1. The lowest BCUT2D eigenvalue weighted by Crippen LogP contribution is -2.27. The summed E-state index contributed by atoms with van der Waals surface area (Å²) in [5.41, 5.74) is 0.838. The van der Waals surface area contributed by atoms with Gasteiger partial charge in [0.25, 0.3) is 0 Å². The van der Waals surface area contributed by atoms with Gasteiger partial charge in [0.05, 0.1) is 11.3 Å². The van der Waals surface area contributed by atoms with E-state index in [1.54, 1.807) is 0 Å². The molecular formula is C20H20FNO5S. The normalized spacial score (nSPS) is 14.8. The molecule has 0 N–H and O–H groups in total. The van der Waals surface area contributed by atoms with Crippen LogP contribution in [0.5, 0.6) is 0 Å². The summed E-state index contributed by atoms with van der Waals surface area (Å²) < 4.78 is 44.2. The maximum Gasteiger partial charge on any atom is 0.310 e. The minimum absolute atomic E-state index is 0.0689. The number of rotatable bonds is 7. The van der Waals surface area contributed by atoms with Crippen LogP contribution in [0.2, 0.25) is 0 Å². The predicted octanol–water partition coefficient (Wildman–Crippen LogP) is 2.58. The summed E-state index contributed by atoms with van der Waals surface area (Å²) >= 11 is 0. The molecule has 0 bridgehead atoms. The first-order valence-electron chi connectivity index (χ1n) is 8.90. The summed E-state index contributed by atoms with van der Waals surface area (Å²) in [6, 6.07) is 11.0. The van der Waals surface area contributed by atoms with Crippen molar-refractivity contribution in [2.24, 2.45) is 0 Å². The van der Waals surface area contributed by atoms with Crippen LogP contribution in [-0.4, -0.2) is 44.2 Å². The molecule has 0 atom stereocenters. The van der Waals surface area contributed by atoms with E-state index in [1.807, 2.05) is 0 Å². The second-order valence-corrected chi connectivity index (χ2v) is 8.46. The van der Waals surface area contributed by atoms with Crippen LogP contribution in [0.3, 0.4) is 0 Å². The van der Waals surface area contributed by atoms with Crippen molar-refractivity contribution in [3.63, 3.8) is 0 Å². The van der Waals surface area contributed by atoms with Gasteiger partial charge >= 0.3 is 5.97 Å². The van der Waals surface area contributed by atoms with Gasteiger partial charge in [-0.25, -0.2) is 12.8 Å². The van der Waals surface area contributed by atoms with Crippen molar-refractivity contribution in [1.29, 1.82) is 0 Å². The molecule has 0 amide bonds. The standard InChI is InChI=1S/C20H20FNO5S/c21-17-7-3-15(4-8-17)13-20(24)27-14-19(23)16-5-9-18(10-6-16)28(25,26)22-11-1-2-12-22/h3-10H,1-2,11-14H2. The van der Waals surface area contributed by atoms with Crippen LogP contribution in [0.25, 0.3) is 0 Å². The number of carbonyl (C=O) groups excluding carboxylic acids is 2. The lowest BCUT2D eigenvalue weighted by Gasteiger charge is -2.15. The van der Waals surface area contributed by atoms with Gasteiger partial charge in [0, 0.05) is 18.7 Å². The van der Waals surface area contributed by atoms with Gasteiger partial charge in [0.2, 0.25) is 10.0 Å². The summed E-state index contributed by atoms with van der Waals surface area (Å²) in [5, 5.41) is 0. The lowest BCUT2D eigenvalue weighted by atomic mass is 10.1. The Bertz CT molecular complexity index is 949. The van der Waals surface area contributed by atoms with Gasteiger partial charge in [-0.1, -0.05) is 12.1 Å². The maximum atomic E-state index is 12.9. The van der Waals surface area contributed by atoms with Gasteiger partial charge in [0.1, 0.15) is 5.82 Å². The van der Waals surface area contributed by atoms with E-state index in [9.17, 15) is 22.4 Å². The topological polar surface area (TPSA) is 80.8 Å². The van der Waals surface area contributed by atoms with E-state index >= 15 is 0 Å². The largest absolute Gasteiger partial charge is 0.457 e. The molecule has 1 heterocycles. The maximum absolute atomic E-state index is 12.9. The van der Waals surface area contributed by atoms with Crippen LogP contribution in [0.15, 0.2) is 53.4 Å². The summed E-state index contributed by atoms with van der Waals surface area (Å²) in [6.07, 6.45) is 1.62. The summed E-state index contributed by atoms with van der Waals surface area (Å²) in [6.45, 7) is 0.568. The second kappa shape index (κ2) is 8.62. The highest BCUT2D eigenvalue weighted by atomic mass is 32.2. The van der Waals surface area contributed by atoms with Gasteiger partial charge in [-0.3, -0.25) is 9.59 Å². The van der Waals surface area contributed by atoms with Crippen molar-refractivity contribution in [2.75, 3.05) is 19.7 Å². The predicted molar refractivity (Wildman–Crippen MR) is 99.8 cm³/mol. The van der Waals surface area contributed by atoms with Gasteiger partial charge in [0.15, 0.2) is 12.4 Å². The Morgan fingerprint density at radius 2 is 1.57 bits per heavy atom. The molecule has 2 aromatic rings. The van der Waals surface area contributed by atoms with Crippen LogP contribution in [0, 0.1) is 5.82 Å². The fourth-order valence-electron chi connectivity index (χ4n) is 2.94. The third-order valence-corrected chi connectivity index (χ3v) is 6.42. The monoisotopic (exact) mass is 405 g/mol. The van der Waals surface area contributed by atoms with Gasteiger partial charge in [-0.15, -0.1) is 0 Å². The highest BCUT2D eigenvalue weighted by Crippen LogP contribution is 2.21. The molecule has 1 saturated heterocycles. The molecule has 1 aliphatic rings. The molecule has 0 spiro atoms. The first kappa shape index (κ1) is 20.2. The van der Waals surface area contributed by atoms with E-state index in [0.29, 0.717) is 18.7 Å². The molecule has 6 nitrogen and oxygen atoms in total. The molecule has 3 rings (SSSR count). The first-order chi connectivity index (χ1) is 13.4. The third-order valence-electron chi connectivity index (χ3n) is 4.51. The van der Waals surface area contributed by atoms with Crippen LogP contribution < -0.4 is 0 Å². The molecule has 1 aliphatic heterocycles. The van der Waals surface area contributed by atoms with E-state index in [1.165, 1.54) is 52.8 Å². The van der Waals surface area contributed by atoms with Crippen LogP contribution in [-0.2, 0) is 26.0 Å². The van der Waals surface area contributed by atoms with Crippen molar-refractivity contribution in [3.8, 4) is 0 Å². The van der Waals surface area contributed by atoms with Crippen molar-refractivity contribution >= 4 is 21.8 Å². The molecule has 148 valence electrons. The number of carbonyl (C=O) groups is 2. The number of nitrogens with zero attached hydrogens (tertiary/aromatic N) is 1. The molecule has 0 aromatic heterocycles. The minimum atomic E-state index is -3.53. The van der Waals surface area contributed by atoms with Crippen LogP contribution in [0.4, 0.5) is 4.39 Å². The number of ether oxygens (including phenoxy) is 1. The zero-order valence-electron chi connectivity index (χ0n) is 15.1.